The molecule has 30 heavy (non-hydrogen) atoms. The SMILES string of the molecule is CCCCCCCCN1c2ccccc2Oc2cc(CCCOP(C)(=O)O)ccc21. The van der Waals surface area contributed by atoms with Gasteiger partial charge in [0.05, 0.1) is 18.0 Å². The van der Waals surface area contributed by atoms with Crippen LogP contribution in [0.25, 0.3) is 0 Å². The molecule has 1 aliphatic heterocycles. The maximum Gasteiger partial charge on any atom is 0.325 e. The minimum Gasteiger partial charge on any atom is -0.453 e. The van der Waals surface area contributed by atoms with Gasteiger partial charge in [-0.3, -0.25) is 4.57 Å². The third-order valence-electron chi connectivity index (χ3n) is 5.37. The molecule has 1 aliphatic rings. The summed E-state index contributed by atoms with van der Waals surface area (Å²) >= 11 is 0. The Balaban J connectivity index is 1.66. The summed E-state index contributed by atoms with van der Waals surface area (Å²) in [6.07, 6.45) is 9.09. The molecule has 0 aromatic heterocycles. The Morgan fingerprint density at radius 1 is 0.967 bits per heavy atom. The average molecular weight is 432 g/mol. The van der Waals surface area contributed by atoms with Gasteiger partial charge in [0.1, 0.15) is 0 Å². The smallest absolute Gasteiger partial charge is 0.325 e. The molecule has 2 aromatic carbocycles. The first-order chi connectivity index (χ1) is 14.5. The van der Waals surface area contributed by atoms with Gasteiger partial charge in [0.15, 0.2) is 11.5 Å². The highest BCUT2D eigenvalue weighted by atomic mass is 31.2. The number of nitrogens with zero attached hydrogens (tertiary/aromatic N) is 1. The van der Waals surface area contributed by atoms with Crippen LogP contribution >= 0.6 is 7.60 Å². The second-order valence-electron chi connectivity index (χ2n) is 8.03. The van der Waals surface area contributed by atoms with Gasteiger partial charge in [-0.2, -0.15) is 0 Å². The summed E-state index contributed by atoms with van der Waals surface area (Å²) in [4.78, 5) is 11.6. The van der Waals surface area contributed by atoms with Crippen molar-refractivity contribution in [3.63, 3.8) is 0 Å². The third-order valence-corrected chi connectivity index (χ3v) is 6.03. The van der Waals surface area contributed by atoms with Crippen molar-refractivity contribution in [3.8, 4) is 11.5 Å². The number of para-hydroxylation sites is 2. The summed E-state index contributed by atoms with van der Waals surface area (Å²) in [7, 11) is -3.40. The zero-order chi connectivity index (χ0) is 21.4. The van der Waals surface area contributed by atoms with Crippen molar-refractivity contribution in [2.24, 2.45) is 0 Å². The number of benzene rings is 2. The summed E-state index contributed by atoms with van der Waals surface area (Å²) in [6.45, 7) is 4.72. The fourth-order valence-electron chi connectivity index (χ4n) is 3.83. The molecule has 0 saturated heterocycles. The Labute approximate surface area is 180 Å². The van der Waals surface area contributed by atoms with Crippen LogP contribution in [0, 0.1) is 0 Å². The summed E-state index contributed by atoms with van der Waals surface area (Å²) in [5, 5.41) is 0. The van der Waals surface area contributed by atoms with Gasteiger partial charge in [-0.25, -0.2) is 0 Å². The molecule has 1 heterocycles. The van der Waals surface area contributed by atoms with Crippen LogP contribution in [-0.2, 0) is 15.5 Å². The van der Waals surface area contributed by atoms with Gasteiger partial charge >= 0.3 is 7.60 Å². The molecule has 0 saturated carbocycles. The van der Waals surface area contributed by atoms with Gasteiger partial charge in [-0.1, -0.05) is 57.2 Å². The van der Waals surface area contributed by atoms with E-state index in [1.54, 1.807) is 0 Å². The highest BCUT2D eigenvalue weighted by Gasteiger charge is 2.24. The molecule has 2 aromatic rings. The average Bonchev–Trinajstić information content (AvgIpc) is 2.72. The molecule has 0 fully saturated rings. The minimum absolute atomic E-state index is 0.273. The highest BCUT2D eigenvalue weighted by molar-refractivity contribution is 7.51. The molecule has 0 amide bonds. The van der Waals surface area contributed by atoms with Crippen LogP contribution in [0.1, 0.15) is 57.4 Å². The maximum absolute atomic E-state index is 11.2. The topological polar surface area (TPSA) is 59.0 Å². The summed E-state index contributed by atoms with van der Waals surface area (Å²) in [5.41, 5.74) is 3.37. The van der Waals surface area contributed by atoms with E-state index in [0.717, 1.165) is 47.8 Å². The molecule has 6 heteroatoms. The van der Waals surface area contributed by atoms with E-state index in [1.165, 1.54) is 38.8 Å². The first kappa shape index (κ1) is 22.9. The fourth-order valence-corrected chi connectivity index (χ4v) is 4.30. The van der Waals surface area contributed by atoms with Crippen molar-refractivity contribution >= 4 is 19.0 Å². The van der Waals surface area contributed by atoms with Gasteiger partial charge in [0.2, 0.25) is 0 Å². The van der Waals surface area contributed by atoms with Gasteiger partial charge in [-0.15, -0.1) is 0 Å². The first-order valence-electron chi connectivity index (χ1n) is 11.1. The van der Waals surface area contributed by atoms with E-state index in [9.17, 15) is 9.46 Å². The maximum atomic E-state index is 11.2. The van der Waals surface area contributed by atoms with E-state index >= 15 is 0 Å². The lowest BCUT2D eigenvalue weighted by molar-refractivity contribution is 0.261. The summed E-state index contributed by atoms with van der Waals surface area (Å²) in [6, 6.07) is 14.6. The van der Waals surface area contributed by atoms with Crippen molar-refractivity contribution in [2.75, 3.05) is 24.7 Å². The normalized spacial score (nSPS) is 14.6. The number of anilines is 2. The lowest BCUT2D eigenvalue weighted by Crippen LogP contribution is -2.22. The summed E-state index contributed by atoms with van der Waals surface area (Å²) in [5.74, 6) is 1.77. The van der Waals surface area contributed by atoms with Crippen LogP contribution in [-0.4, -0.2) is 24.7 Å². The predicted molar refractivity (Wildman–Crippen MR) is 123 cm³/mol. The number of rotatable bonds is 12. The third kappa shape index (κ3) is 6.60. The van der Waals surface area contributed by atoms with Crippen LogP contribution in [0.3, 0.4) is 0 Å². The molecule has 0 radical (unpaired) electrons. The quantitative estimate of drug-likeness (QED) is 0.288. The molecule has 0 bridgehead atoms. The zero-order valence-electron chi connectivity index (χ0n) is 18.2. The molecule has 1 atom stereocenters. The van der Waals surface area contributed by atoms with E-state index in [2.05, 4.69) is 42.2 Å². The molecule has 1 N–H and O–H groups in total. The Kier molecular flexibility index (Phi) is 8.38. The molecular formula is C24H34NO4P. The molecule has 0 aliphatic carbocycles. The van der Waals surface area contributed by atoms with Crippen LogP contribution in [0.2, 0.25) is 0 Å². The lowest BCUT2D eigenvalue weighted by Gasteiger charge is -2.33. The molecule has 1 unspecified atom stereocenters. The van der Waals surface area contributed by atoms with Crippen LogP contribution in [0.5, 0.6) is 11.5 Å². The predicted octanol–water partition coefficient (Wildman–Crippen LogP) is 7.06. The minimum atomic E-state index is -3.40. The highest BCUT2D eigenvalue weighted by Crippen LogP contribution is 2.47. The number of aryl methyl sites for hydroxylation is 1. The molecular weight excluding hydrogens is 397 g/mol. The second kappa shape index (κ2) is 11.0. The first-order valence-corrected chi connectivity index (χ1v) is 13.1. The Hall–Kier alpha value is -1.81. The zero-order valence-corrected chi connectivity index (χ0v) is 19.1. The second-order valence-corrected chi connectivity index (χ2v) is 9.90. The molecule has 3 rings (SSSR count). The van der Waals surface area contributed by atoms with Crippen molar-refractivity contribution in [2.45, 2.75) is 58.3 Å². The van der Waals surface area contributed by atoms with E-state index < -0.39 is 7.60 Å². The van der Waals surface area contributed by atoms with E-state index in [-0.39, 0.29) is 6.61 Å². The largest absolute Gasteiger partial charge is 0.453 e. The number of hydrogen-bond acceptors (Lipinski definition) is 4. The molecule has 164 valence electrons. The van der Waals surface area contributed by atoms with Crippen molar-refractivity contribution in [3.05, 3.63) is 48.0 Å². The number of ether oxygens (including phenoxy) is 1. The van der Waals surface area contributed by atoms with E-state index in [1.807, 2.05) is 12.1 Å². The summed E-state index contributed by atoms with van der Waals surface area (Å²) < 4.78 is 22.4. The molecule has 5 nitrogen and oxygen atoms in total. The van der Waals surface area contributed by atoms with Gasteiger partial charge < -0.3 is 19.1 Å². The molecule has 0 spiro atoms. The van der Waals surface area contributed by atoms with Crippen molar-refractivity contribution in [1.82, 2.24) is 0 Å². The van der Waals surface area contributed by atoms with Crippen LogP contribution < -0.4 is 9.64 Å². The van der Waals surface area contributed by atoms with Gasteiger partial charge in [0, 0.05) is 13.2 Å². The van der Waals surface area contributed by atoms with Gasteiger partial charge in [0.25, 0.3) is 0 Å². The Bertz CT molecular complexity index is 864. The van der Waals surface area contributed by atoms with Crippen molar-refractivity contribution < 1.29 is 18.7 Å². The Morgan fingerprint density at radius 3 is 2.50 bits per heavy atom. The van der Waals surface area contributed by atoms with E-state index in [0.29, 0.717) is 6.42 Å². The fraction of sp³-hybridized carbons (Fsp3) is 0.500. The monoisotopic (exact) mass is 431 g/mol. The number of hydrogen-bond donors (Lipinski definition) is 1. The van der Waals surface area contributed by atoms with Crippen molar-refractivity contribution in [1.29, 1.82) is 0 Å². The van der Waals surface area contributed by atoms with Crippen LogP contribution in [0.4, 0.5) is 11.4 Å². The van der Waals surface area contributed by atoms with Gasteiger partial charge in [-0.05, 0) is 49.1 Å². The standard InChI is InChI=1S/C24H34NO4P/c1-3-4-5-6-7-10-17-25-21-13-8-9-14-23(21)29-24-19-20(15-16-22(24)25)12-11-18-28-30(2,26)27/h8-9,13-16,19H,3-7,10-12,17-18H2,1-2H3,(H,26,27). The number of fused-ring (bicyclic) bond motifs is 2. The Morgan fingerprint density at radius 2 is 1.70 bits per heavy atom. The number of unbranched alkanes of at least 4 members (excludes halogenated alkanes) is 5. The van der Waals surface area contributed by atoms with Crippen LogP contribution in [0.15, 0.2) is 42.5 Å². The lowest BCUT2D eigenvalue weighted by atomic mass is 10.1. The van der Waals surface area contributed by atoms with E-state index in [4.69, 9.17) is 9.26 Å².